The molecule has 0 amide bonds. The van der Waals surface area contributed by atoms with Crippen LogP contribution in [0.1, 0.15) is 42.8 Å². The second kappa shape index (κ2) is 5.91. The van der Waals surface area contributed by atoms with Crippen LogP contribution in [-0.4, -0.2) is 12.9 Å². The summed E-state index contributed by atoms with van der Waals surface area (Å²) in [7, 11) is 1.61. The standard InChI is InChI=1S/C12H18O2S/c1-4-5-9(2)8-10(13)12-11(14-3)6-7-15-12/h6-7,9H,4-5,8H2,1-3H3. The summed E-state index contributed by atoms with van der Waals surface area (Å²) in [5, 5.41) is 1.90. The highest BCUT2D eigenvalue weighted by Crippen LogP contribution is 2.27. The van der Waals surface area contributed by atoms with Gasteiger partial charge in [0.25, 0.3) is 0 Å². The molecule has 0 bridgehead atoms. The molecule has 1 aromatic heterocycles. The van der Waals surface area contributed by atoms with Crippen molar-refractivity contribution in [3.63, 3.8) is 0 Å². The van der Waals surface area contributed by atoms with Crippen molar-refractivity contribution in [2.45, 2.75) is 33.1 Å². The van der Waals surface area contributed by atoms with E-state index in [1.54, 1.807) is 7.11 Å². The lowest BCUT2D eigenvalue weighted by Crippen LogP contribution is -2.05. The maximum Gasteiger partial charge on any atom is 0.176 e. The monoisotopic (exact) mass is 226 g/mol. The smallest absolute Gasteiger partial charge is 0.176 e. The lowest BCUT2D eigenvalue weighted by molar-refractivity contribution is 0.0964. The number of thiophene rings is 1. The van der Waals surface area contributed by atoms with Crippen LogP contribution in [0.4, 0.5) is 0 Å². The van der Waals surface area contributed by atoms with Gasteiger partial charge in [-0.1, -0.05) is 26.7 Å². The van der Waals surface area contributed by atoms with Crippen molar-refractivity contribution < 1.29 is 9.53 Å². The first-order valence-corrected chi connectivity index (χ1v) is 6.21. The fourth-order valence-corrected chi connectivity index (χ4v) is 2.48. The molecule has 0 aliphatic heterocycles. The first-order chi connectivity index (χ1) is 7.19. The van der Waals surface area contributed by atoms with Gasteiger partial charge in [-0.3, -0.25) is 4.79 Å². The molecule has 0 saturated carbocycles. The maximum absolute atomic E-state index is 11.9. The molecule has 0 aliphatic carbocycles. The van der Waals surface area contributed by atoms with Gasteiger partial charge in [-0.15, -0.1) is 11.3 Å². The maximum atomic E-state index is 11.9. The van der Waals surface area contributed by atoms with E-state index in [2.05, 4.69) is 13.8 Å². The van der Waals surface area contributed by atoms with Crippen molar-refractivity contribution in [2.75, 3.05) is 7.11 Å². The largest absolute Gasteiger partial charge is 0.495 e. The van der Waals surface area contributed by atoms with Crippen molar-refractivity contribution in [3.05, 3.63) is 16.3 Å². The Morgan fingerprint density at radius 2 is 2.33 bits per heavy atom. The Bertz CT molecular complexity index is 317. The molecule has 1 unspecified atom stereocenters. The van der Waals surface area contributed by atoms with Crippen LogP contribution >= 0.6 is 11.3 Å². The third-order valence-corrected chi connectivity index (χ3v) is 3.35. The number of ketones is 1. The molecular formula is C12H18O2S. The van der Waals surface area contributed by atoms with Gasteiger partial charge in [0, 0.05) is 6.42 Å². The first kappa shape index (κ1) is 12.2. The predicted molar refractivity (Wildman–Crippen MR) is 63.9 cm³/mol. The number of carbonyl (C=O) groups excluding carboxylic acids is 1. The van der Waals surface area contributed by atoms with Crippen molar-refractivity contribution in [3.8, 4) is 5.75 Å². The first-order valence-electron chi connectivity index (χ1n) is 5.33. The van der Waals surface area contributed by atoms with E-state index in [4.69, 9.17) is 4.74 Å². The van der Waals surface area contributed by atoms with Crippen LogP contribution in [0.15, 0.2) is 11.4 Å². The summed E-state index contributed by atoms with van der Waals surface area (Å²) < 4.78 is 5.14. The fourth-order valence-electron chi connectivity index (χ4n) is 1.67. The molecule has 0 aliphatic rings. The average molecular weight is 226 g/mol. The number of rotatable bonds is 6. The average Bonchev–Trinajstić information content (AvgIpc) is 2.65. The van der Waals surface area contributed by atoms with Crippen LogP contribution in [0.3, 0.4) is 0 Å². The van der Waals surface area contributed by atoms with E-state index in [9.17, 15) is 4.79 Å². The molecule has 2 nitrogen and oxygen atoms in total. The van der Waals surface area contributed by atoms with Crippen molar-refractivity contribution in [1.29, 1.82) is 0 Å². The van der Waals surface area contributed by atoms with Crippen LogP contribution in [-0.2, 0) is 0 Å². The van der Waals surface area contributed by atoms with Gasteiger partial charge in [-0.05, 0) is 17.4 Å². The van der Waals surface area contributed by atoms with E-state index in [1.807, 2.05) is 11.4 Å². The molecule has 3 heteroatoms. The van der Waals surface area contributed by atoms with Crippen molar-refractivity contribution in [2.24, 2.45) is 5.92 Å². The summed E-state index contributed by atoms with van der Waals surface area (Å²) in [6.45, 7) is 4.27. The number of carbonyl (C=O) groups is 1. The molecule has 0 N–H and O–H groups in total. The minimum atomic E-state index is 0.211. The van der Waals surface area contributed by atoms with Gasteiger partial charge in [-0.25, -0.2) is 0 Å². The highest BCUT2D eigenvalue weighted by Gasteiger charge is 2.16. The number of ether oxygens (including phenoxy) is 1. The summed E-state index contributed by atoms with van der Waals surface area (Å²) in [5.74, 6) is 1.39. The molecule has 0 spiro atoms. The predicted octanol–water partition coefficient (Wildman–Crippen LogP) is 3.77. The molecule has 1 heterocycles. The molecular weight excluding hydrogens is 208 g/mol. The molecule has 84 valence electrons. The quantitative estimate of drug-likeness (QED) is 0.690. The number of Topliss-reactive ketones (excluding diaryl/α,β-unsaturated/α-hetero) is 1. The minimum absolute atomic E-state index is 0.211. The van der Waals surface area contributed by atoms with Gasteiger partial charge in [0.2, 0.25) is 0 Å². The highest BCUT2D eigenvalue weighted by molar-refractivity contribution is 7.12. The Hall–Kier alpha value is -0.830. The Morgan fingerprint density at radius 1 is 1.60 bits per heavy atom. The zero-order valence-electron chi connectivity index (χ0n) is 9.58. The molecule has 0 saturated heterocycles. The van der Waals surface area contributed by atoms with E-state index in [0.717, 1.165) is 17.7 Å². The summed E-state index contributed by atoms with van der Waals surface area (Å²) in [4.78, 5) is 12.7. The van der Waals surface area contributed by atoms with Gasteiger partial charge in [0.15, 0.2) is 5.78 Å². The molecule has 15 heavy (non-hydrogen) atoms. The second-order valence-corrected chi connectivity index (χ2v) is 4.76. The summed E-state index contributed by atoms with van der Waals surface area (Å²) in [6.07, 6.45) is 2.88. The number of hydrogen-bond acceptors (Lipinski definition) is 3. The van der Waals surface area contributed by atoms with Crippen LogP contribution in [0.2, 0.25) is 0 Å². The third kappa shape index (κ3) is 3.34. The Morgan fingerprint density at radius 3 is 2.93 bits per heavy atom. The number of hydrogen-bond donors (Lipinski definition) is 0. The lowest BCUT2D eigenvalue weighted by Gasteiger charge is -2.08. The minimum Gasteiger partial charge on any atom is -0.495 e. The Labute approximate surface area is 95.3 Å². The fraction of sp³-hybridized carbons (Fsp3) is 0.583. The van der Waals surface area contributed by atoms with Crippen molar-refractivity contribution in [1.82, 2.24) is 0 Å². The van der Waals surface area contributed by atoms with Gasteiger partial charge >= 0.3 is 0 Å². The van der Waals surface area contributed by atoms with Gasteiger partial charge < -0.3 is 4.74 Å². The van der Waals surface area contributed by atoms with E-state index in [-0.39, 0.29) is 5.78 Å². The highest BCUT2D eigenvalue weighted by atomic mass is 32.1. The summed E-state index contributed by atoms with van der Waals surface area (Å²) >= 11 is 1.47. The van der Waals surface area contributed by atoms with E-state index >= 15 is 0 Å². The van der Waals surface area contributed by atoms with Gasteiger partial charge in [-0.2, -0.15) is 0 Å². The number of methoxy groups -OCH3 is 1. The van der Waals surface area contributed by atoms with Crippen molar-refractivity contribution >= 4 is 17.1 Å². The Balaban J connectivity index is 2.61. The molecule has 1 atom stereocenters. The zero-order valence-corrected chi connectivity index (χ0v) is 10.4. The normalized spacial score (nSPS) is 12.5. The van der Waals surface area contributed by atoms with Gasteiger partial charge in [0.1, 0.15) is 10.6 Å². The molecule has 0 radical (unpaired) electrons. The third-order valence-electron chi connectivity index (χ3n) is 2.42. The second-order valence-electron chi connectivity index (χ2n) is 3.84. The van der Waals surface area contributed by atoms with Crippen LogP contribution in [0, 0.1) is 5.92 Å². The lowest BCUT2D eigenvalue weighted by atomic mass is 9.99. The summed E-state index contributed by atoms with van der Waals surface area (Å²) in [5.41, 5.74) is 0. The van der Waals surface area contributed by atoms with Gasteiger partial charge in [0.05, 0.1) is 7.11 Å². The molecule has 1 aromatic rings. The van der Waals surface area contributed by atoms with E-state index in [0.29, 0.717) is 18.1 Å². The SMILES string of the molecule is CCCC(C)CC(=O)c1sccc1OC. The topological polar surface area (TPSA) is 26.3 Å². The van der Waals surface area contributed by atoms with Crippen LogP contribution in [0.25, 0.3) is 0 Å². The summed E-state index contributed by atoms with van der Waals surface area (Å²) in [6, 6.07) is 1.85. The van der Waals surface area contributed by atoms with Crippen LogP contribution < -0.4 is 4.74 Å². The zero-order chi connectivity index (χ0) is 11.3. The Kier molecular flexibility index (Phi) is 4.82. The molecule has 0 aromatic carbocycles. The molecule has 0 fully saturated rings. The van der Waals surface area contributed by atoms with E-state index in [1.165, 1.54) is 11.3 Å². The molecule has 1 rings (SSSR count). The van der Waals surface area contributed by atoms with E-state index < -0.39 is 0 Å². The van der Waals surface area contributed by atoms with Crippen LogP contribution in [0.5, 0.6) is 5.75 Å².